The summed E-state index contributed by atoms with van der Waals surface area (Å²) in [6, 6.07) is 14.3. The minimum absolute atomic E-state index is 0.0438. The standard InChI is InChI=1S/C31H38N4O3.C5H10.C2H6/c1-2-3-4-13-33-23-28-12-9-26(21-32-16-18-38-19-17-32)20-29(28)35(30(36)24-33)22-25-7-10-27(11-8-25)31(37)34-14-5-6-15-34;1-3-5-4-2;1-2/h2-3,5-12,20H,4,13-19,21-24H2,1H3;3,5H,4H2,1-2H3;1-2H3/b3-2-;5-3+;. The number of carbonyl (C=O) groups excluding carboxylic acids is 2. The molecular formula is C38H54N4O3. The quantitative estimate of drug-likeness (QED) is 0.290. The second kappa shape index (κ2) is 19.8. The van der Waals surface area contributed by atoms with Crippen molar-refractivity contribution in [1.29, 1.82) is 0 Å². The molecule has 0 atom stereocenters. The molecule has 0 radical (unpaired) electrons. The number of morpholine rings is 1. The van der Waals surface area contributed by atoms with Gasteiger partial charge in [0.1, 0.15) is 0 Å². The largest absolute Gasteiger partial charge is 0.379 e. The van der Waals surface area contributed by atoms with Gasteiger partial charge in [0.25, 0.3) is 5.91 Å². The SMILES string of the molecule is C/C=C/CC.C/C=C\CCN1CC(=O)N(Cc2ccc(C(=O)N3CC=CC3)cc2)c2cc(CN3CCOCC3)ccc2C1.CC. The highest BCUT2D eigenvalue weighted by Gasteiger charge is 2.27. The number of anilines is 1. The number of hydrogen-bond acceptors (Lipinski definition) is 5. The molecule has 0 spiro atoms. The Hall–Kier alpha value is -3.52. The maximum absolute atomic E-state index is 13.6. The van der Waals surface area contributed by atoms with Gasteiger partial charge in [-0.2, -0.15) is 0 Å². The topological polar surface area (TPSA) is 56.3 Å². The number of hydrogen-bond donors (Lipinski definition) is 0. The normalized spacial score (nSPS) is 17.1. The summed E-state index contributed by atoms with van der Waals surface area (Å²) in [4.78, 5) is 34.8. The number of ether oxygens (including phenoxy) is 1. The summed E-state index contributed by atoms with van der Waals surface area (Å²) in [6.07, 6.45) is 14.5. The molecule has 1 saturated heterocycles. The summed E-state index contributed by atoms with van der Waals surface area (Å²) in [7, 11) is 0. The van der Waals surface area contributed by atoms with E-state index in [2.05, 4.69) is 59.2 Å². The molecule has 7 nitrogen and oxygen atoms in total. The van der Waals surface area contributed by atoms with Crippen molar-refractivity contribution in [2.24, 2.45) is 0 Å². The fourth-order valence-electron chi connectivity index (χ4n) is 5.57. The predicted molar refractivity (Wildman–Crippen MR) is 186 cm³/mol. The maximum atomic E-state index is 13.6. The highest BCUT2D eigenvalue weighted by Crippen LogP contribution is 2.29. The third-order valence-corrected chi connectivity index (χ3v) is 7.97. The van der Waals surface area contributed by atoms with Crippen molar-refractivity contribution in [3.05, 3.63) is 101 Å². The van der Waals surface area contributed by atoms with Gasteiger partial charge in [0, 0.05) is 57.1 Å². The van der Waals surface area contributed by atoms with Gasteiger partial charge in [-0.25, -0.2) is 0 Å². The van der Waals surface area contributed by atoms with E-state index in [4.69, 9.17) is 4.74 Å². The number of rotatable bonds is 9. The van der Waals surface area contributed by atoms with Crippen LogP contribution in [0.15, 0.2) is 78.9 Å². The Morgan fingerprint density at radius 2 is 1.51 bits per heavy atom. The molecule has 0 aromatic heterocycles. The molecule has 1 fully saturated rings. The lowest BCUT2D eigenvalue weighted by molar-refractivity contribution is -0.119. The number of nitrogens with zero attached hydrogens (tertiary/aromatic N) is 4. The van der Waals surface area contributed by atoms with Crippen LogP contribution in [0.3, 0.4) is 0 Å². The van der Waals surface area contributed by atoms with Gasteiger partial charge < -0.3 is 14.5 Å². The molecule has 0 N–H and O–H groups in total. The van der Waals surface area contributed by atoms with Gasteiger partial charge in [0.2, 0.25) is 5.91 Å². The van der Waals surface area contributed by atoms with Crippen molar-refractivity contribution in [3.8, 4) is 0 Å². The zero-order valence-corrected chi connectivity index (χ0v) is 28.2. The van der Waals surface area contributed by atoms with Crippen LogP contribution in [0.5, 0.6) is 0 Å². The Morgan fingerprint density at radius 3 is 2.13 bits per heavy atom. The molecule has 2 aromatic rings. The Labute approximate surface area is 271 Å². The summed E-state index contributed by atoms with van der Waals surface area (Å²) < 4.78 is 5.51. The molecule has 3 heterocycles. The monoisotopic (exact) mass is 614 g/mol. The van der Waals surface area contributed by atoms with Gasteiger partial charge in [0.15, 0.2) is 0 Å². The van der Waals surface area contributed by atoms with E-state index < -0.39 is 0 Å². The number of fused-ring (bicyclic) bond motifs is 1. The Bertz CT molecular complexity index is 1270. The highest BCUT2D eigenvalue weighted by molar-refractivity contribution is 5.97. The molecule has 5 rings (SSSR count). The van der Waals surface area contributed by atoms with E-state index in [1.807, 2.05) is 73.9 Å². The highest BCUT2D eigenvalue weighted by atomic mass is 16.5. The van der Waals surface area contributed by atoms with Crippen molar-refractivity contribution < 1.29 is 14.3 Å². The lowest BCUT2D eigenvalue weighted by atomic mass is 10.1. The lowest BCUT2D eigenvalue weighted by Crippen LogP contribution is -2.37. The summed E-state index contributed by atoms with van der Waals surface area (Å²) in [5.41, 5.74) is 5.09. The van der Waals surface area contributed by atoms with Crippen LogP contribution < -0.4 is 4.90 Å². The molecule has 0 unspecified atom stereocenters. The average Bonchev–Trinajstić information content (AvgIpc) is 3.58. The van der Waals surface area contributed by atoms with Crippen LogP contribution in [0.25, 0.3) is 0 Å². The summed E-state index contributed by atoms with van der Waals surface area (Å²) in [6.45, 7) is 18.2. The number of amides is 2. The van der Waals surface area contributed by atoms with Crippen molar-refractivity contribution in [2.45, 2.75) is 67.1 Å². The molecule has 3 aliphatic heterocycles. The fraction of sp³-hybridized carbons (Fsp3) is 0.474. The average molecular weight is 615 g/mol. The number of allylic oxidation sites excluding steroid dienone is 3. The van der Waals surface area contributed by atoms with Crippen LogP contribution in [-0.2, 0) is 29.2 Å². The third kappa shape index (κ3) is 11.1. The first-order chi connectivity index (χ1) is 22.0. The molecule has 7 heteroatoms. The van der Waals surface area contributed by atoms with Crippen LogP contribution in [0.1, 0.15) is 74.5 Å². The third-order valence-electron chi connectivity index (χ3n) is 7.97. The van der Waals surface area contributed by atoms with Crippen molar-refractivity contribution in [2.75, 3.05) is 57.4 Å². The van der Waals surface area contributed by atoms with Gasteiger partial charge in [-0.15, -0.1) is 0 Å². The molecule has 0 saturated carbocycles. The molecule has 0 aliphatic carbocycles. The lowest BCUT2D eigenvalue weighted by Gasteiger charge is -2.28. The smallest absolute Gasteiger partial charge is 0.254 e. The molecule has 244 valence electrons. The van der Waals surface area contributed by atoms with E-state index in [0.717, 1.165) is 70.0 Å². The molecule has 0 bridgehead atoms. The van der Waals surface area contributed by atoms with Crippen LogP contribution in [0, 0.1) is 0 Å². The second-order valence-electron chi connectivity index (χ2n) is 11.3. The summed E-state index contributed by atoms with van der Waals surface area (Å²) in [5.74, 6) is 0.151. The second-order valence-corrected chi connectivity index (χ2v) is 11.3. The van der Waals surface area contributed by atoms with E-state index in [9.17, 15) is 9.59 Å². The van der Waals surface area contributed by atoms with Crippen molar-refractivity contribution >= 4 is 17.5 Å². The molecule has 2 aromatic carbocycles. The van der Waals surface area contributed by atoms with Crippen molar-refractivity contribution in [3.63, 3.8) is 0 Å². The Morgan fingerprint density at radius 1 is 0.844 bits per heavy atom. The zero-order valence-electron chi connectivity index (χ0n) is 28.2. The molecule has 2 amide bonds. The number of benzene rings is 2. The van der Waals surface area contributed by atoms with Crippen LogP contribution >= 0.6 is 0 Å². The molecule has 3 aliphatic rings. The van der Waals surface area contributed by atoms with Gasteiger partial charge in [0.05, 0.1) is 26.3 Å². The fourth-order valence-corrected chi connectivity index (χ4v) is 5.57. The summed E-state index contributed by atoms with van der Waals surface area (Å²) >= 11 is 0. The van der Waals surface area contributed by atoms with Crippen LogP contribution in [0.2, 0.25) is 0 Å². The maximum Gasteiger partial charge on any atom is 0.254 e. The van der Waals surface area contributed by atoms with Crippen LogP contribution in [0.4, 0.5) is 5.69 Å². The first-order valence-corrected chi connectivity index (χ1v) is 16.7. The zero-order chi connectivity index (χ0) is 32.4. The Balaban J connectivity index is 0.000000719. The van der Waals surface area contributed by atoms with Crippen molar-refractivity contribution in [1.82, 2.24) is 14.7 Å². The van der Waals surface area contributed by atoms with Gasteiger partial charge in [-0.1, -0.05) is 81.5 Å². The van der Waals surface area contributed by atoms with Gasteiger partial charge in [-0.3, -0.25) is 19.4 Å². The first kappa shape index (κ1) is 36.0. The minimum Gasteiger partial charge on any atom is -0.379 e. The minimum atomic E-state index is 0.0438. The number of carbonyl (C=O) groups is 2. The van der Waals surface area contributed by atoms with Gasteiger partial charge in [-0.05, 0) is 61.6 Å². The predicted octanol–water partition coefficient (Wildman–Crippen LogP) is 6.84. The first-order valence-electron chi connectivity index (χ1n) is 16.7. The van der Waals surface area contributed by atoms with Crippen LogP contribution in [-0.4, -0.2) is 79.0 Å². The summed E-state index contributed by atoms with van der Waals surface area (Å²) in [5, 5.41) is 0. The van der Waals surface area contributed by atoms with E-state index in [0.29, 0.717) is 31.7 Å². The Kier molecular flexibility index (Phi) is 15.8. The van der Waals surface area contributed by atoms with E-state index in [-0.39, 0.29) is 11.8 Å². The molecular weight excluding hydrogens is 560 g/mol. The molecule has 45 heavy (non-hydrogen) atoms. The van der Waals surface area contributed by atoms with E-state index in [1.165, 1.54) is 11.1 Å². The van der Waals surface area contributed by atoms with E-state index in [1.54, 1.807) is 0 Å². The van der Waals surface area contributed by atoms with E-state index >= 15 is 0 Å². The van der Waals surface area contributed by atoms with Gasteiger partial charge >= 0.3 is 0 Å².